The molecule has 1 heterocycles. The van der Waals surface area contributed by atoms with Crippen molar-refractivity contribution >= 4 is 29.0 Å². The maximum absolute atomic E-state index is 13.1. The van der Waals surface area contributed by atoms with E-state index in [0.29, 0.717) is 32.2 Å². The molecule has 0 bridgehead atoms. The molecule has 14 heteroatoms. The van der Waals surface area contributed by atoms with E-state index in [4.69, 9.17) is 4.74 Å². The first kappa shape index (κ1) is 27.7. The van der Waals surface area contributed by atoms with Gasteiger partial charge in [-0.3, -0.25) is 4.90 Å². The third kappa shape index (κ3) is 9.41. The molecule has 7 nitrogen and oxygen atoms in total. The second kappa shape index (κ2) is 10.5. The van der Waals surface area contributed by atoms with Crippen molar-refractivity contribution in [2.45, 2.75) is 32.9 Å². The number of halogens is 4. The number of nitrogens with zero attached hydrogens (tertiary/aromatic N) is 2. The van der Waals surface area contributed by atoms with Crippen molar-refractivity contribution in [3.63, 3.8) is 0 Å². The zero-order valence-corrected chi connectivity index (χ0v) is 21.1. The molecule has 0 unspecified atom stereocenters. The first-order chi connectivity index (χ1) is 13.1. The van der Waals surface area contributed by atoms with E-state index in [-0.39, 0.29) is 63.5 Å². The summed E-state index contributed by atoms with van der Waals surface area (Å²) in [6, 6.07) is 2.36. The van der Waals surface area contributed by atoms with Crippen molar-refractivity contribution in [2.75, 3.05) is 26.2 Å². The van der Waals surface area contributed by atoms with Crippen molar-refractivity contribution in [3.05, 3.63) is 23.8 Å². The van der Waals surface area contributed by atoms with Crippen LogP contribution in [0.5, 0.6) is 5.75 Å². The fourth-order valence-corrected chi connectivity index (χ4v) is 3.13. The number of hydrogen-bond donors (Lipinski definition) is 0. The largest absolute Gasteiger partial charge is 1.00 e. The van der Waals surface area contributed by atoms with Gasteiger partial charge in [-0.05, 0) is 38.5 Å². The molecule has 1 amide bonds. The van der Waals surface area contributed by atoms with Crippen LogP contribution < -0.4 is 61.0 Å². The minimum absolute atomic E-state index is 0. The molecule has 2 rings (SSSR count). The number of hydrogen-bond acceptors (Lipinski definition) is 6. The van der Waals surface area contributed by atoms with Crippen LogP contribution in [0.25, 0.3) is 0 Å². The Labute approximate surface area is 216 Å². The molecule has 1 aromatic carbocycles. The predicted molar refractivity (Wildman–Crippen MR) is 98.9 cm³/mol. The fourth-order valence-electron chi connectivity index (χ4n) is 2.80. The molecule has 0 N–H and O–H groups in total. The molecule has 1 aliphatic rings. The van der Waals surface area contributed by atoms with Gasteiger partial charge in [0.25, 0.3) is 0 Å². The number of ether oxygens (including phenoxy) is 1. The summed E-state index contributed by atoms with van der Waals surface area (Å²) in [5.41, 5.74) is -1.61. The van der Waals surface area contributed by atoms with Crippen molar-refractivity contribution in [1.29, 1.82) is 0 Å². The van der Waals surface area contributed by atoms with Gasteiger partial charge in [-0.25, -0.2) is 4.79 Å². The Morgan fingerprint density at radius 1 is 1.10 bits per heavy atom. The van der Waals surface area contributed by atoms with E-state index in [2.05, 4.69) is 4.18 Å². The number of piperazine rings is 1. The maximum Gasteiger partial charge on any atom is 1.00 e. The topological polar surface area (TPSA) is 76.2 Å². The van der Waals surface area contributed by atoms with Gasteiger partial charge < -0.3 is 26.8 Å². The van der Waals surface area contributed by atoms with E-state index >= 15 is 0 Å². The molecule has 30 heavy (non-hydrogen) atoms. The average molecular weight is 480 g/mol. The van der Waals surface area contributed by atoms with Crippen molar-refractivity contribution < 1.29 is 90.3 Å². The fraction of sp³-hybridized carbons (Fsp3) is 0.562. The summed E-state index contributed by atoms with van der Waals surface area (Å²) in [6.07, 6.45) is -0.470. The SMILES string of the molecule is CC(C)(C)OC(=O)N1CCN(Cc2cc(OS(=O)(=O)F)cc([B-](F)(F)F)c2)CC1.[K+]. The van der Waals surface area contributed by atoms with Crippen LogP contribution >= 0.6 is 0 Å². The smallest absolute Gasteiger partial charge is 0.445 e. The minimum atomic E-state index is -5.45. The van der Waals surface area contributed by atoms with E-state index in [9.17, 15) is 30.0 Å². The normalized spacial score (nSPS) is 16.0. The van der Waals surface area contributed by atoms with Gasteiger partial charge in [-0.15, -0.1) is 5.46 Å². The van der Waals surface area contributed by atoms with Crippen LogP contribution in [-0.4, -0.2) is 63.1 Å². The summed E-state index contributed by atoms with van der Waals surface area (Å²) in [4.78, 5) is 15.4. The van der Waals surface area contributed by atoms with Gasteiger partial charge in [-0.1, -0.05) is 9.95 Å². The van der Waals surface area contributed by atoms with Crippen molar-refractivity contribution in [2.24, 2.45) is 0 Å². The Morgan fingerprint density at radius 2 is 1.67 bits per heavy atom. The Morgan fingerprint density at radius 3 is 2.13 bits per heavy atom. The Hall–Kier alpha value is -0.379. The summed E-state index contributed by atoms with van der Waals surface area (Å²) in [6.45, 7) is 1.22. The molecule has 0 atom stereocenters. The standard InChI is InChI=1S/C16H22BF4N2O5S.K/c1-16(2,3)27-15(24)23-6-4-22(5-7-23)11-12-8-13(17(18,19)20)10-14(9-12)28-29(21,25)26;/h8-10H,4-7,11H2,1-3H3;/q-1;+1. The second-order valence-electron chi connectivity index (χ2n) is 7.71. The zero-order valence-electron chi connectivity index (χ0n) is 17.2. The number of carbonyl (C=O) groups excluding carboxylic acids is 1. The van der Waals surface area contributed by atoms with Crippen LogP contribution in [-0.2, 0) is 21.8 Å². The molecule has 0 aliphatic carbocycles. The molecule has 164 valence electrons. The van der Waals surface area contributed by atoms with Crippen LogP contribution in [0.3, 0.4) is 0 Å². The van der Waals surface area contributed by atoms with Crippen molar-refractivity contribution in [1.82, 2.24) is 9.80 Å². The average Bonchev–Trinajstić information content (AvgIpc) is 2.51. The molecular formula is C16H22BF4KN2O5S. The Kier molecular flexibility index (Phi) is 9.67. The number of rotatable bonds is 5. The Balaban J connectivity index is 0.00000450. The Bertz CT molecular complexity index is 856. The molecular weight excluding hydrogens is 458 g/mol. The molecule has 0 radical (unpaired) electrons. The maximum atomic E-state index is 13.1. The molecule has 0 saturated carbocycles. The van der Waals surface area contributed by atoms with E-state index in [1.807, 2.05) is 0 Å². The molecule has 1 aliphatic heterocycles. The molecule has 0 spiro atoms. The van der Waals surface area contributed by atoms with Gasteiger partial charge in [0.05, 0.1) is 0 Å². The first-order valence-corrected chi connectivity index (χ1v) is 10.1. The third-order valence-corrected chi connectivity index (χ3v) is 4.38. The number of carbonyl (C=O) groups is 1. The summed E-state index contributed by atoms with van der Waals surface area (Å²) in [7, 11) is -5.45. The van der Waals surface area contributed by atoms with Gasteiger partial charge >= 0.3 is 75.0 Å². The monoisotopic (exact) mass is 480 g/mol. The molecule has 0 aromatic heterocycles. The third-order valence-electron chi connectivity index (χ3n) is 3.99. The first-order valence-electron chi connectivity index (χ1n) is 8.80. The predicted octanol–water partition coefficient (Wildman–Crippen LogP) is -0.609. The second-order valence-corrected chi connectivity index (χ2v) is 8.66. The van der Waals surface area contributed by atoms with E-state index in [0.717, 1.165) is 12.1 Å². The van der Waals surface area contributed by atoms with Crippen LogP contribution in [0.2, 0.25) is 0 Å². The van der Waals surface area contributed by atoms with E-state index < -0.39 is 40.4 Å². The van der Waals surface area contributed by atoms with Gasteiger partial charge in [0.1, 0.15) is 11.4 Å². The van der Waals surface area contributed by atoms with Crippen LogP contribution in [0.4, 0.5) is 21.6 Å². The van der Waals surface area contributed by atoms with Crippen molar-refractivity contribution in [3.8, 4) is 5.75 Å². The molecule has 1 fully saturated rings. The number of amides is 1. The summed E-state index contributed by atoms with van der Waals surface area (Å²) in [5, 5.41) is 0. The summed E-state index contributed by atoms with van der Waals surface area (Å²) >= 11 is 0. The molecule has 1 saturated heterocycles. The van der Waals surface area contributed by atoms with Crippen LogP contribution in [0.15, 0.2) is 18.2 Å². The van der Waals surface area contributed by atoms with Crippen LogP contribution in [0, 0.1) is 0 Å². The van der Waals surface area contributed by atoms with Gasteiger partial charge in [0.2, 0.25) is 0 Å². The summed E-state index contributed by atoms with van der Waals surface area (Å²) in [5.74, 6) is -0.744. The quantitative estimate of drug-likeness (QED) is 0.318. The van der Waals surface area contributed by atoms with Gasteiger partial charge in [0, 0.05) is 32.7 Å². The van der Waals surface area contributed by atoms with Crippen LogP contribution in [0.1, 0.15) is 26.3 Å². The van der Waals surface area contributed by atoms with E-state index in [1.165, 1.54) is 4.90 Å². The number of benzene rings is 1. The minimum Gasteiger partial charge on any atom is -0.445 e. The molecule has 1 aromatic rings. The zero-order chi connectivity index (χ0) is 22.0. The van der Waals surface area contributed by atoms with Gasteiger partial charge in [-0.2, -0.15) is 8.42 Å². The van der Waals surface area contributed by atoms with Gasteiger partial charge in [0.15, 0.2) is 0 Å². The summed E-state index contributed by atoms with van der Waals surface area (Å²) < 4.78 is 82.7. The van der Waals surface area contributed by atoms with E-state index in [1.54, 1.807) is 25.7 Å².